The van der Waals surface area contributed by atoms with Gasteiger partial charge in [-0.05, 0) is 43.7 Å². The zero-order valence-electron chi connectivity index (χ0n) is 11.1. The highest BCUT2D eigenvalue weighted by Gasteiger charge is 2.15. The van der Waals surface area contributed by atoms with E-state index < -0.39 is 0 Å². The third kappa shape index (κ3) is 2.03. The van der Waals surface area contributed by atoms with Gasteiger partial charge >= 0.3 is 0 Å². The summed E-state index contributed by atoms with van der Waals surface area (Å²) >= 11 is 12.2. The van der Waals surface area contributed by atoms with Crippen LogP contribution in [0.25, 0.3) is 16.9 Å². The van der Waals surface area contributed by atoms with Crippen molar-refractivity contribution in [3.8, 4) is 11.3 Å². The molecule has 0 fully saturated rings. The molecule has 0 saturated heterocycles. The first kappa shape index (κ1) is 13.3. The van der Waals surface area contributed by atoms with Crippen molar-refractivity contribution >= 4 is 34.5 Å². The van der Waals surface area contributed by atoms with Crippen LogP contribution in [0.3, 0.4) is 0 Å². The number of halogens is 2. The average molecular weight is 306 g/mol. The van der Waals surface area contributed by atoms with E-state index in [4.69, 9.17) is 33.9 Å². The molecule has 0 aliphatic carbocycles. The smallest absolute Gasteiger partial charge is 0.140 e. The zero-order valence-corrected chi connectivity index (χ0v) is 12.6. The largest absolute Gasteiger partial charge is 0.398 e. The van der Waals surface area contributed by atoms with Crippen molar-refractivity contribution in [3.05, 3.63) is 51.8 Å². The minimum Gasteiger partial charge on any atom is -0.398 e. The number of aromatic nitrogens is 2. The molecule has 5 heteroatoms. The van der Waals surface area contributed by atoms with Crippen LogP contribution in [0.2, 0.25) is 10.0 Å². The van der Waals surface area contributed by atoms with Crippen molar-refractivity contribution in [1.82, 2.24) is 9.38 Å². The van der Waals surface area contributed by atoms with E-state index in [-0.39, 0.29) is 0 Å². The van der Waals surface area contributed by atoms with Gasteiger partial charge in [0.05, 0.1) is 10.7 Å². The van der Waals surface area contributed by atoms with Crippen molar-refractivity contribution in [2.24, 2.45) is 0 Å². The monoisotopic (exact) mass is 305 g/mol. The molecular formula is C15H13Cl2N3. The van der Waals surface area contributed by atoms with Gasteiger partial charge in [-0.2, -0.15) is 0 Å². The van der Waals surface area contributed by atoms with Crippen LogP contribution in [-0.2, 0) is 0 Å². The van der Waals surface area contributed by atoms with Gasteiger partial charge in [-0.1, -0.05) is 23.2 Å². The lowest BCUT2D eigenvalue weighted by molar-refractivity contribution is 1.10. The molecule has 2 aromatic heterocycles. The van der Waals surface area contributed by atoms with Gasteiger partial charge in [-0.15, -0.1) is 0 Å². The second-order valence-corrected chi connectivity index (χ2v) is 5.66. The van der Waals surface area contributed by atoms with Gasteiger partial charge in [0.2, 0.25) is 0 Å². The summed E-state index contributed by atoms with van der Waals surface area (Å²) in [7, 11) is 0. The van der Waals surface area contributed by atoms with Crippen LogP contribution in [0.1, 0.15) is 11.3 Å². The molecule has 0 aliphatic heterocycles. The van der Waals surface area contributed by atoms with E-state index in [1.54, 1.807) is 6.07 Å². The fourth-order valence-electron chi connectivity index (χ4n) is 2.39. The Hall–Kier alpha value is -1.71. The van der Waals surface area contributed by atoms with Crippen LogP contribution >= 0.6 is 23.2 Å². The summed E-state index contributed by atoms with van der Waals surface area (Å²) in [6.07, 6.45) is 1.87. The van der Waals surface area contributed by atoms with Crippen molar-refractivity contribution in [3.63, 3.8) is 0 Å². The quantitative estimate of drug-likeness (QED) is 0.719. The fourth-order valence-corrected chi connectivity index (χ4v) is 2.89. The van der Waals surface area contributed by atoms with E-state index in [0.717, 1.165) is 28.2 Å². The second kappa shape index (κ2) is 4.69. The van der Waals surface area contributed by atoms with Gasteiger partial charge in [-0.3, -0.25) is 0 Å². The SMILES string of the molecule is Cc1cc(N)cn2c(C)c(-c3ccc(Cl)cc3Cl)nc12. The summed E-state index contributed by atoms with van der Waals surface area (Å²) in [5.41, 5.74) is 11.2. The third-order valence-electron chi connectivity index (χ3n) is 3.35. The summed E-state index contributed by atoms with van der Waals surface area (Å²) in [5.74, 6) is 0. The third-order valence-corrected chi connectivity index (χ3v) is 3.90. The topological polar surface area (TPSA) is 43.3 Å². The second-order valence-electron chi connectivity index (χ2n) is 4.82. The van der Waals surface area contributed by atoms with E-state index >= 15 is 0 Å². The van der Waals surface area contributed by atoms with Crippen LogP contribution in [-0.4, -0.2) is 9.38 Å². The van der Waals surface area contributed by atoms with Gasteiger partial charge in [-0.25, -0.2) is 4.98 Å². The Morgan fingerprint density at radius 3 is 2.60 bits per heavy atom. The normalized spacial score (nSPS) is 11.2. The number of rotatable bonds is 1. The maximum Gasteiger partial charge on any atom is 0.140 e. The number of hydrogen-bond donors (Lipinski definition) is 1. The molecule has 0 unspecified atom stereocenters. The van der Waals surface area contributed by atoms with Crippen molar-refractivity contribution < 1.29 is 0 Å². The van der Waals surface area contributed by atoms with Gasteiger partial charge in [0.25, 0.3) is 0 Å². The Labute approximate surface area is 127 Å². The van der Waals surface area contributed by atoms with E-state index in [2.05, 4.69) is 0 Å². The van der Waals surface area contributed by atoms with Crippen molar-refractivity contribution in [2.45, 2.75) is 13.8 Å². The lowest BCUT2D eigenvalue weighted by atomic mass is 10.1. The van der Waals surface area contributed by atoms with E-state index in [1.165, 1.54) is 0 Å². The molecular weight excluding hydrogens is 293 g/mol. The minimum absolute atomic E-state index is 0.592. The summed E-state index contributed by atoms with van der Waals surface area (Å²) < 4.78 is 1.99. The first-order valence-electron chi connectivity index (χ1n) is 6.17. The number of imidazole rings is 1. The Morgan fingerprint density at radius 1 is 1.15 bits per heavy atom. The molecule has 2 heterocycles. The van der Waals surface area contributed by atoms with Crippen LogP contribution in [0.5, 0.6) is 0 Å². The number of nitrogen functional groups attached to an aromatic ring is 1. The van der Waals surface area contributed by atoms with Crippen LogP contribution < -0.4 is 5.73 Å². The van der Waals surface area contributed by atoms with Crippen molar-refractivity contribution in [2.75, 3.05) is 5.73 Å². The summed E-state index contributed by atoms with van der Waals surface area (Å²) in [4.78, 5) is 4.69. The molecule has 0 radical (unpaired) electrons. The minimum atomic E-state index is 0.592. The number of pyridine rings is 1. The standard InChI is InChI=1S/C15H13Cl2N3/c1-8-5-11(18)7-20-9(2)14(19-15(8)20)12-4-3-10(16)6-13(12)17/h3-7H,18H2,1-2H3. The number of hydrogen-bond acceptors (Lipinski definition) is 2. The molecule has 102 valence electrons. The fraction of sp³-hybridized carbons (Fsp3) is 0.133. The molecule has 0 atom stereocenters. The number of fused-ring (bicyclic) bond motifs is 1. The maximum atomic E-state index is 6.28. The lowest BCUT2D eigenvalue weighted by Gasteiger charge is -2.03. The van der Waals surface area contributed by atoms with E-state index in [9.17, 15) is 0 Å². The Bertz CT molecular complexity index is 822. The molecule has 3 rings (SSSR count). The molecule has 3 aromatic rings. The number of nitrogens with zero attached hydrogens (tertiary/aromatic N) is 2. The number of aryl methyl sites for hydroxylation is 2. The van der Waals surface area contributed by atoms with Gasteiger partial charge in [0.15, 0.2) is 0 Å². The highest BCUT2D eigenvalue weighted by Crippen LogP contribution is 2.33. The van der Waals surface area contributed by atoms with Gasteiger partial charge in [0, 0.05) is 28.2 Å². The lowest BCUT2D eigenvalue weighted by Crippen LogP contribution is -1.94. The summed E-state index contributed by atoms with van der Waals surface area (Å²) in [6, 6.07) is 7.34. The van der Waals surface area contributed by atoms with Crippen molar-refractivity contribution in [1.29, 1.82) is 0 Å². The number of benzene rings is 1. The average Bonchev–Trinajstić information content (AvgIpc) is 2.68. The van der Waals surface area contributed by atoms with E-state index in [0.29, 0.717) is 15.7 Å². The Morgan fingerprint density at radius 2 is 1.90 bits per heavy atom. The highest BCUT2D eigenvalue weighted by atomic mass is 35.5. The van der Waals surface area contributed by atoms with Crippen LogP contribution in [0.4, 0.5) is 5.69 Å². The molecule has 0 spiro atoms. The molecule has 20 heavy (non-hydrogen) atoms. The van der Waals surface area contributed by atoms with Crippen LogP contribution in [0, 0.1) is 13.8 Å². The predicted molar refractivity (Wildman–Crippen MR) is 84.5 cm³/mol. The molecule has 1 aromatic carbocycles. The molecule has 0 saturated carbocycles. The molecule has 2 N–H and O–H groups in total. The van der Waals surface area contributed by atoms with E-state index in [1.807, 2.05) is 42.6 Å². The van der Waals surface area contributed by atoms with Crippen LogP contribution in [0.15, 0.2) is 30.5 Å². The van der Waals surface area contributed by atoms with Gasteiger partial charge in [0.1, 0.15) is 5.65 Å². The predicted octanol–water partition coefficient (Wildman–Crippen LogP) is 4.51. The maximum absolute atomic E-state index is 6.28. The number of nitrogens with two attached hydrogens (primary N) is 1. The first-order valence-corrected chi connectivity index (χ1v) is 6.93. The molecule has 0 bridgehead atoms. The Kier molecular flexibility index (Phi) is 3.11. The summed E-state index contributed by atoms with van der Waals surface area (Å²) in [6.45, 7) is 3.99. The highest BCUT2D eigenvalue weighted by molar-refractivity contribution is 6.36. The molecule has 0 aliphatic rings. The van der Waals surface area contributed by atoms with Gasteiger partial charge < -0.3 is 10.1 Å². The zero-order chi connectivity index (χ0) is 14.4. The Balaban J connectivity index is 2.32. The molecule has 0 amide bonds. The number of anilines is 1. The summed E-state index contributed by atoms with van der Waals surface area (Å²) in [5, 5.41) is 1.20. The first-order chi connectivity index (χ1) is 9.47. The molecule has 3 nitrogen and oxygen atoms in total.